The van der Waals surface area contributed by atoms with E-state index in [9.17, 15) is 13.6 Å². The molecule has 3 aromatic carbocycles. The van der Waals surface area contributed by atoms with Crippen molar-refractivity contribution in [2.24, 2.45) is 0 Å². The molecule has 0 spiro atoms. The van der Waals surface area contributed by atoms with Gasteiger partial charge in [-0.05, 0) is 54.3 Å². The highest BCUT2D eigenvalue weighted by Crippen LogP contribution is 2.36. The first-order valence-corrected chi connectivity index (χ1v) is 9.53. The van der Waals surface area contributed by atoms with Crippen LogP contribution in [0.25, 0.3) is 10.8 Å². The number of nitrogens with zero attached hydrogens (tertiary/aromatic N) is 1. The topological polar surface area (TPSA) is 71.5 Å². The molecule has 0 fully saturated rings. The number of hydrogen-bond donors (Lipinski definition) is 2. The summed E-state index contributed by atoms with van der Waals surface area (Å²) in [4.78, 5) is 15.5. The molecule has 156 valence electrons. The molecule has 1 aromatic heterocycles. The summed E-state index contributed by atoms with van der Waals surface area (Å²) in [5, 5.41) is 13.8. The van der Waals surface area contributed by atoms with E-state index in [1.165, 1.54) is 18.2 Å². The number of ether oxygens (including phenoxy) is 1. The highest BCUT2D eigenvalue weighted by molar-refractivity contribution is 5.97. The summed E-state index contributed by atoms with van der Waals surface area (Å²) in [6.45, 7) is 1.92. The normalized spacial score (nSPS) is 11.8. The molecule has 4 aromatic rings. The molecule has 0 saturated heterocycles. The third-order valence-electron chi connectivity index (χ3n) is 4.88. The predicted molar refractivity (Wildman–Crippen MR) is 114 cm³/mol. The second kappa shape index (κ2) is 8.39. The van der Waals surface area contributed by atoms with Crippen LogP contribution < -0.4 is 10.1 Å². The minimum absolute atomic E-state index is 0.0963. The maximum atomic E-state index is 14.1. The van der Waals surface area contributed by atoms with Gasteiger partial charge in [0.2, 0.25) is 0 Å². The number of carboxylic acid groups (broad SMARTS) is 1. The van der Waals surface area contributed by atoms with Crippen molar-refractivity contribution in [2.45, 2.75) is 13.0 Å². The van der Waals surface area contributed by atoms with Crippen molar-refractivity contribution >= 4 is 22.6 Å². The average Bonchev–Trinajstić information content (AvgIpc) is 2.76. The minimum Gasteiger partial charge on any atom is -0.478 e. The van der Waals surface area contributed by atoms with Gasteiger partial charge in [0.15, 0.2) is 11.6 Å². The molecular formula is C24H18F2N2O3. The number of hydrogen-bond acceptors (Lipinski definition) is 4. The fourth-order valence-corrected chi connectivity index (χ4v) is 3.27. The smallest absolute Gasteiger partial charge is 0.335 e. The quantitative estimate of drug-likeness (QED) is 0.390. The number of pyridine rings is 1. The van der Waals surface area contributed by atoms with Gasteiger partial charge in [-0.2, -0.15) is 0 Å². The number of aromatic carboxylic acids is 1. The zero-order valence-corrected chi connectivity index (χ0v) is 16.5. The van der Waals surface area contributed by atoms with Crippen molar-refractivity contribution in [1.82, 2.24) is 4.98 Å². The van der Waals surface area contributed by atoms with E-state index in [1.54, 1.807) is 36.5 Å². The predicted octanol–water partition coefficient (Wildman–Crippen LogP) is 6.18. The van der Waals surface area contributed by atoms with E-state index in [0.717, 1.165) is 23.1 Å². The first-order chi connectivity index (χ1) is 14.9. The molecular weight excluding hydrogens is 402 g/mol. The number of benzene rings is 3. The van der Waals surface area contributed by atoms with Gasteiger partial charge in [0.25, 0.3) is 0 Å². The van der Waals surface area contributed by atoms with Gasteiger partial charge in [0.1, 0.15) is 17.4 Å². The van der Waals surface area contributed by atoms with Crippen LogP contribution in [0, 0.1) is 11.6 Å². The van der Waals surface area contributed by atoms with E-state index < -0.39 is 17.6 Å². The molecule has 0 radical (unpaired) electrons. The monoisotopic (exact) mass is 420 g/mol. The minimum atomic E-state index is -0.988. The Morgan fingerprint density at radius 1 is 1.03 bits per heavy atom. The van der Waals surface area contributed by atoms with E-state index >= 15 is 0 Å². The second-order valence-corrected chi connectivity index (χ2v) is 6.98. The molecule has 0 unspecified atom stereocenters. The summed E-state index contributed by atoms with van der Waals surface area (Å²) in [6.07, 6.45) is 1.65. The van der Waals surface area contributed by atoms with E-state index in [-0.39, 0.29) is 17.4 Å². The van der Waals surface area contributed by atoms with Gasteiger partial charge >= 0.3 is 5.97 Å². The summed E-state index contributed by atoms with van der Waals surface area (Å²) >= 11 is 0. The highest BCUT2D eigenvalue weighted by atomic mass is 19.1. The molecule has 1 atom stereocenters. The molecule has 0 bridgehead atoms. The first kappa shape index (κ1) is 20.3. The van der Waals surface area contributed by atoms with Crippen LogP contribution in [0.3, 0.4) is 0 Å². The molecule has 4 rings (SSSR count). The van der Waals surface area contributed by atoms with E-state index in [2.05, 4.69) is 10.3 Å². The van der Waals surface area contributed by atoms with Crippen molar-refractivity contribution < 1.29 is 23.4 Å². The van der Waals surface area contributed by atoms with Crippen molar-refractivity contribution in [3.63, 3.8) is 0 Å². The van der Waals surface area contributed by atoms with Gasteiger partial charge in [-0.3, -0.25) is 0 Å². The lowest BCUT2D eigenvalue weighted by atomic mass is 10.1. The lowest BCUT2D eigenvalue weighted by molar-refractivity contribution is 0.0697. The Labute approximate surface area is 176 Å². The fraction of sp³-hybridized carbons (Fsp3) is 0.0833. The number of nitrogens with one attached hydrogen (secondary N) is 1. The number of anilines is 1. The van der Waals surface area contributed by atoms with Crippen LogP contribution >= 0.6 is 0 Å². The fourth-order valence-electron chi connectivity index (χ4n) is 3.27. The summed E-state index contributed by atoms with van der Waals surface area (Å²) in [5.74, 6) is -1.69. The van der Waals surface area contributed by atoms with Gasteiger partial charge in [-0.15, -0.1) is 0 Å². The van der Waals surface area contributed by atoms with Gasteiger partial charge in [-0.25, -0.2) is 18.6 Å². The summed E-state index contributed by atoms with van der Waals surface area (Å²) in [7, 11) is 0. The molecule has 31 heavy (non-hydrogen) atoms. The average molecular weight is 420 g/mol. The number of aromatic nitrogens is 1. The van der Waals surface area contributed by atoms with E-state index in [4.69, 9.17) is 9.84 Å². The number of halogens is 2. The van der Waals surface area contributed by atoms with Crippen LogP contribution in [0.1, 0.15) is 28.9 Å². The standard InChI is InChI=1S/C24H18F2N2O3/c1-14(15-5-7-17(8-6-15)24(29)30)28-23-22-16(11-12-27-23)3-2-4-21(22)31-20-10-9-18(25)13-19(20)26/h2-14H,1H3,(H,27,28)(H,29,30)/t14-/m0/s1. The second-order valence-electron chi connectivity index (χ2n) is 6.98. The van der Waals surface area contributed by atoms with Crippen LogP contribution in [0.5, 0.6) is 11.5 Å². The molecule has 0 aliphatic heterocycles. The molecule has 0 amide bonds. The number of carboxylic acids is 1. The van der Waals surface area contributed by atoms with Crippen LogP contribution in [-0.4, -0.2) is 16.1 Å². The molecule has 2 N–H and O–H groups in total. The van der Waals surface area contributed by atoms with Crippen molar-refractivity contribution in [3.05, 3.63) is 95.7 Å². The summed E-state index contributed by atoms with van der Waals surface area (Å²) in [5.41, 5.74) is 1.07. The number of rotatable bonds is 6. The molecule has 0 aliphatic carbocycles. The van der Waals surface area contributed by atoms with Crippen LogP contribution in [0.2, 0.25) is 0 Å². The molecule has 7 heteroatoms. The van der Waals surface area contributed by atoms with Crippen molar-refractivity contribution in [3.8, 4) is 11.5 Å². The van der Waals surface area contributed by atoms with Gasteiger partial charge in [0, 0.05) is 18.3 Å². The lowest BCUT2D eigenvalue weighted by Crippen LogP contribution is -2.09. The summed E-state index contributed by atoms with van der Waals surface area (Å²) < 4.78 is 33.1. The third-order valence-corrected chi connectivity index (χ3v) is 4.88. The Hall–Kier alpha value is -4.00. The Morgan fingerprint density at radius 3 is 2.52 bits per heavy atom. The maximum Gasteiger partial charge on any atom is 0.335 e. The zero-order chi connectivity index (χ0) is 22.0. The molecule has 5 nitrogen and oxygen atoms in total. The Morgan fingerprint density at radius 2 is 1.81 bits per heavy atom. The molecule has 1 heterocycles. The Kier molecular flexibility index (Phi) is 5.49. The van der Waals surface area contributed by atoms with Gasteiger partial charge < -0.3 is 15.2 Å². The first-order valence-electron chi connectivity index (χ1n) is 9.53. The van der Waals surface area contributed by atoms with E-state index in [1.807, 2.05) is 13.0 Å². The van der Waals surface area contributed by atoms with Crippen LogP contribution in [0.15, 0.2) is 72.9 Å². The SMILES string of the molecule is C[C@H](Nc1nccc2cccc(Oc3ccc(F)cc3F)c12)c1ccc(C(=O)O)cc1. The van der Waals surface area contributed by atoms with Crippen molar-refractivity contribution in [1.29, 1.82) is 0 Å². The van der Waals surface area contributed by atoms with Crippen LogP contribution in [-0.2, 0) is 0 Å². The third kappa shape index (κ3) is 4.30. The largest absolute Gasteiger partial charge is 0.478 e. The molecule has 0 aliphatic rings. The number of fused-ring (bicyclic) bond motifs is 1. The number of carbonyl (C=O) groups is 1. The highest BCUT2D eigenvalue weighted by Gasteiger charge is 2.15. The van der Waals surface area contributed by atoms with E-state index in [0.29, 0.717) is 17.0 Å². The lowest BCUT2D eigenvalue weighted by Gasteiger charge is -2.18. The van der Waals surface area contributed by atoms with Crippen molar-refractivity contribution in [2.75, 3.05) is 5.32 Å². The van der Waals surface area contributed by atoms with Crippen LogP contribution in [0.4, 0.5) is 14.6 Å². The summed E-state index contributed by atoms with van der Waals surface area (Å²) in [6, 6.07) is 16.6. The Bertz CT molecular complexity index is 1250. The van der Waals surface area contributed by atoms with Gasteiger partial charge in [-0.1, -0.05) is 24.3 Å². The molecule has 0 saturated carbocycles. The van der Waals surface area contributed by atoms with Gasteiger partial charge in [0.05, 0.1) is 10.9 Å². The maximum absolute atomic E-state index is 14.1. The Balaban J connectivity index is 1.68. The zero-order valence-electron chi connectivity index (χ0n) is 16.5.